The number of hydrogen-bond donors (Lipinski definition) is 2. The van der Waals surface area contributed by atoms with Gasteiger partial charge in [0.25, 0.3) is 0 Å². The minimum absolute atomic E-state index is 0.104. The van der Waals surface area contributed by atoms with E-state index in [1.54, 1.807) is 13.0 Å². The van der Waals surface area contributed by atoms with E-state index in [4.69, 9.17) is 23.2 Å². The van der Waals surface area contributed by atoms with E-state index < -0.39 is 11.9 Å². The highest BCUT2D eigenvalue weighted by molar-refractivity contribution is 6.33. The van der Waals surface area contributed by atoms with Gasteiger partial charge in [-0.1, -0.05) is 41.4 Å². The number of amides is 1. The van der Waals surface area contributed by atoms with Gasteiger partial charge in [-0.2, -0.15) is 0 Å². The van der Waals surface area contributed by atoms with Crippen molar-refractivity contribution in [1.82, 2.24) is 5.32 Å². The van der Waals surface area contributed by atoms with Crippen molar-refractivity contribution < 1.29 is 9.18 Å². The average Bonchev–Trinajstić information content (AvgIpc) is 2.50. The summed E-state index contributed by atoms with van der Waals surface area (Å²) >= 11 is 12.1. The van der Waals surface area contributed by atoms with E-state index >= 15 is 0 Å². The van der Waals surface area contributed by atoms with Gasteiger partial charge in [-0.05, 0) is 43.7 Å². The average molecular weight is 355 g/mol. The lowest BCUT2D eigenvalue weighted by Crippen LogP contribution is -2.39. The predicted octanol–water partition coefficient (Wildman–Crippen LogP) is 4.81. The van der Waals surface area contributed by atoms with Gasteiger partial charge in [0, 0.05) is 11.1 Å². The molecule has 0 spiro atoms. The zero-order chi connectivity index (χ0) is 17.0. The van der Waals surface area contributed by atoms with Gasteiger partial charge in [-0.15, -0.1) is 0 Å². The van der Waals surface area contributed by atoms with E-state index in [0.717, 1.165) is 11.6 Å². The second kappa shape index (κ2) is 7.77. The van der Waals surface area contributed by atoms with Crippen LogP contribution in [0.25, 0.3) is 0 Å². The van der Waals surface area contributed by atoms with Crippen molar-refractivity contribution in [2.75, 3.05) is 5.32 Å². The number of carbonyl (C=O) groups excluding carboxylic acids is 1. The number of halogens is 3. The molecular weight excluding hydrogens is 338 g/mol. The second-order valence-corrected chi connectivity index (χ2v) is 6.06. The van der Waals surface area contributed by atoms with Crippen molar-refractivity contribution >= 4 is 34.8 Å². The van der Waals surface area contributed by atoms with E-state index in [1.165, 1.54) is 12.1 Å². The Labute approximate surface area is 144 Å². The Balaban J connectivity index is 2.01. The monoisotopic (exact) mass is 354 g/mol. The Hall–Kier alpha value is -1.62. The quantitative estimate of drug-likeness (QED) is 0.808. The first-order valence-corrected chi connectivity index (χ1v) is 7.90. The summed E-state index contributed by atoms with van der Waals surface area (Å²) in [5.41, 5.74) is 1.28. The number of benzene rings is 2. The van der Waals surface area contributed by atoms with Crippen LogP contribution >= 0.6 is 23.2 Å². The minimum atomic E-state index is -0.484. The standard InChI is InChI=1S/C17H17Cl2FN2O/c1-10(13-5-3-4-6-14(13)18)21-11(2)17(23)22-16-8-7-12(20)9-15(16)19/h3-11,21H,1-2H3,(H,22,23). The summed E-state index contributed by atoms with van der Waals surface area (Å²) in [6.45, 7) is 3.66. The van der Waals surface area contributed by atoms with Gasteiger partial charge in [0.2, 0.25) is 5.91 Å². The highest BCUT2D eigenvalue weighted by Crippen LogP contribution is 2.24. The summed E-state index contributed by atoms with van der Waals surface area (Å²) in [5, 5.41) is 6.65. The summed E-state index contributed by atoms with van der Waals surface area (Å²) in [6, 6.07) is 10.7. The summed E-state index contributed by atoms with van der Waals surface area (Å²) in [5.74, 6) is -0.719. The van der Waals surface area contributed by atoms with Crippen molar-refractivity contribution in [3.05, 3.63) is 63.9 Å². The number of rotatable bonds is 5. The molecule has 0 saturated carbocycles. The van der Waals surface area contributed by atoms with Crippen molar-refractivity contribution in [3.63, 3.8) is 0 Å². The van der Waals surface area contributed by atoms with Gasteiger partial charge >= 0.3 is 0 Å². The zero-order valence-electron chi connectivity index (χ0n) is 12.7. The molecule has 0 saturated heterocycles. The third kappa shape index (κ3) is 4.67. The van der Waals surface area contributed by atoms with Crippen LogP contribution in [0.4, 0.5) is 10.1 Å². The van der Waals surface area contributed by atoms with Crippen LogP contribution in [0, 0.1) is 5.82 Å². The zero-order valence-corrected chi connectivity index (χ0v) is 14.3. The molecule has 6 heteroatoms. The molecule has 0 fully saturated rings. The first kappa shape index (κ1) is 17.7. The van der Waals surface area contributed by atoms with E-state index in [0.29, 0.717) is 10.7 Å². The normalized spacial score (nSPS) is 13.4. The maximum absolute atomic E-state index is 13.0. The topological polar surface area (TPSA) is 41.1 Å². The molecule has 23 heavy (non-hydrogen) atoms. The van der Waals surface area contributed by atoms with Crippen LogP contribution in [-0.4, -0.2) is 11.9 Å². The molecule has 0 radical (unpaired) electrons. The van der Waals surface area contributed by atoms with Gasteiger partial charge in [-0.3, -0.25) is 10.1 Å². The minimum Gasteiger partial charge on any atom is -0.323 e. The Kier molecular flexibility index (Phi) is 5.99. The van der Waals surface area contributed by atoms with Gasteiger partial charge in [0.05, 0.1) is 16.8 Å². The van der Waals surface area contributed by atoms with Crippen molar-refractivity contribution in [1.29, 1.82) is 0 Å². The predicted molar refractivity (Wildman–Crippen MR) is 92.5 cm³/mol. The Morgan fingerprint density at radius 2 is 1.78 bits per heavy atom. The Bertz CT molecular complexity index is 709. The van der Waals surface area contributed by atoms with Gasteiger partial charge in [0.15, 0.2) is 0 Å². The van der Waals surface area contributed by atoms with Gasteiger partial charge in [0.1, 0.15) is 5.82 Å². The first-order valence-electron chi connectivity index (χ1n) is 7.15. The molecule has 0 aromatic heterocycles. The Morgan fingerprint density at radius 1 is 1.09 bits per heavy atom. The number of nitrogens with one attached hydrogen (secondary N) is 2. The summed E-state index contributed by atoms with van der Waals surface area (Å²) in [6.07, 6.45) is 0. The Morgan fingerprint density at radius 3 is 2.43 bits per heavy atom. The third-order valence-electron chi connectivity index (χ3n) is 3.45. The van der Waals surface area contributed by atoms with Crippen LogP contribution in [0.1, 0.15) is 25.5 Å². The highest BCUT2D eigenvalue weighted by atomic mass is 35.5. The largest absolute Gasteiger partial charge is 0.323 e. The van der Waals surface area contributed by atoms with Crippen LogP contribution < -0.4 is 10.6 Å². The van der Waals surface area contributed by atoms with Crippen molar-refractivity contribution in [2.24, 2.45) is 0 Å². The van der Waals surface area contributed by atoms with Gasteiger partial charge < -0.3 is 5.32 Å². The molecule has 0 aliphatic rings. The lowest BCUT2D eigenvalue weighted by atomic mass is 10.1. The van der Waals surface area contributed by atoms with Crippen LogP contribution in [-0.2, 0) is 4.79 Å². The molecule has 2 aromatic carbocycles. The molecule has 0 heterocycles. The lowest BCUT2D eigenvalue weighted by Gasteiger charge is -2.21. The lowest BCUT2D eigenvalue weighted by molar-refractivity contribution is -0.117. The van der Waals surface area contributed by atoms with Crippen LogP contribution in [0.2, 0.25) is 10.0 Å². The number of anilines is 1. The molecule has 3 nitrogen and oxygen atoms in total. The van der Waals surface area contributed by atoms with Crippen LogP contribution in [0.5, 0.6) is 0 Å². The molecule has 122 valence electrons. The van der Waals surface area contributed by atoms with Crippen LogP contribution in [0.15, 0.2) is 42.5 Å². The highest BCUT2D eigenvalue weighted by Gasteiger charge is 2.18. The summed E-state index contributed by atoms with van der Waals surface area (Å²) in [4.78, 5) is 12.2. The van der Waals surface area contributed by atoms with E-state index in [9.17, 15) is 9.18 Å². The molecule has 2 aromatic rings. The fourth-order valence-electron chi connectivity index (χ4n) is 2.20. The van der Waals surface area contributed by atoms with Crippen molar-refractivity contribution in [2.45, 2.75) is 25.9 Å². The molecule has 2 rings (SSSR count). The maximum Gasteiger partial charge on any atom is 0.241 e. The summed E-state index contributed by atoms with van der Waals surface area (Å²) in [7, 11) is 0. The van der Waals surface area contributed by atoms with E-state index in [-0.39, 0.29) is 17.0 Å². The SMILES string of the molecule is CC(NC(C)c1ccccc1Cl)C(=O)Nc1ccc(F)cc1Cl. The smallest absolute Gasteiger partial charge is 0.241 e. The molecule has 0 aliphatic carbocycles. The molecule has 2 N–H and O–H groups in total. The van der Waals surface area contributed by atoms with Crippen LogP contribution in [0.3, 0.4) is 0 Å². The van der Waals surface area contributed by atoms with E-state index in [1.807, 2.05) is 25.1 Å². The molecular formula is C17H17Cl2FN2O. The first-order chi connectivity index (χ1) is 10.9. The summed E-state index contributed by atoms with van der Waals surface area (Å²) < 4.78 is 13.0. The van der Waals surface area contributed by atoms with E-state index in [2.05, 4.69) is 10.6 Å². The second-order valence-electron chi connectivity index (χ2n) is 5.24. The number of carbonyl (C=O) groups is 1. The molecule has 2 atom stereocenters. The molecule has 2 unspecified atom stereocenters. The number of hydrogen-bond acceptors (Lipinski definition) is 2. The van der Waals surface area contributed by atoms with Crippen molar-refractivity contribution in [3.8, 4) is 0 Å². The van der Waals surface area contributed by atoms with Gasteiger partial charge in [-0.25, -0.2) is 4.39 Å². The molecule has 0 bridgehead atoms. The fourth-order valence-corrected chi connectivity index (χ4v) is 2.71. The fraction of sp³-hybridized carbons (Fsp3) is 0.235. The third-order valence-corrected chi connectivity index (χ3v) is 4.11. The maximum atomic E-state index is 13.0. The molecule has 0 aliphatic heterocycles. The molecule has 1 amide bonds.